The van der Waals surface area contributed by atoms with Gasteiger partial charge in [-0.1, -0.05) is 29.4 Å². The molecule has 160 valence electrons. The maximum atomic E-state index is 12.4. The first-order valence-electron chi connectivity index (χ1n) is 11.0. The lowest BCUT2D eigenvalue weighted by Gasteiger charge is -2.16. The van der Waals surface area contributed by atoms with Gasteiger partial charge >= 0.3 is 5.69 Å². The molecule has 7 nitrogen and oxygen atoms in total. The SMILES string of the molecule is CC(=NOCc1c(C2CC2)cccc1-n1nnn(C)c1=O)c1ccc2c(c1)CCCC2. The largest absolute Gasteiger partial charge is 0.391 e. The Hall–Kier alpha value is -3.22. The van der Waals surface area contributed by atoms with E-state index in [1.165, 1.54) is 45.3 Å². The van der Waals surface area contributed by atoms with Gasteiger partial charge in [-0.25, -0.2) is 4.79 Å². The third kappa shape index (κ3) is 3.92. The fourth-order valence-corrected chi connectivity index (χ4v) is 4.39. The molecule has 0 bridgehead atoms. The second-order valence-electron chi connectivity index (χ2n) is 8.56. The van der Waals surface area contributed by atoms with Crippen LogP contribution in [0.25, 0.3) is 5.69 Å². The number of tetrazole rings is 1. The summed E-state index contributed by atoms with van der Waals surface area (Å²) in [5.41, 5.74) is 7.44. The van der Waals surface area contributed by atoms with E-state index >= 15 is 0 Å². The molecular formula is C24H27N5O2. The molecule has 0 unspecified atom stereocenters. The van der Waals surface area contributed by atoms with Gasteiger partial charge in [0.05, 0.1) is 11.4 Å². The average Bonchev–Trinajstić information content (AvgIpc) is 3.59. The summed E-state index contributed by atoms with van der Waals surface area (Å²) in [4.78, 5) is 18.3. The Labute approximate surface area is 181 Å². The third-order valence-corrected chi connectivity index (χ3v) is 6.33. The molecule has 0 saturated heterocycles. The monoisotopic (exact) mass is 417 g/mol. The molecular weight excluding hydrogens is 390 g/mol. The van der Waals surface area contributed by atoms with E-state index in [0.29, 0.717) is 11.6 Å². The van der Waals surface area contributed by atoms with Crippen LogP contribution in [0.5, 0.6) is 0 Å². The minimum Gasteiger partial charge on any atom is -0.391 e. The number of nitrogens with zero attached hydrogens (tertiary/aromatic N) is 5. The maximum absolute atomic E-state index is 12.4. The van der Waals surface area contributed by atoms with Crippen molar-refractivity contribution < 1.29 is 4.84 Å². The number of rotatable bonds is 6. The molecule has 0 spiro atoms. The van der Waals surface area contributed by atoms with Crippen molar-refractivity contribution in [1.82, 2.24) is 19.8 Å². The summed E-state index contributed by atoms with van der Waals surface area (Å²) in [7, 11) is 1.60. The first-order chi connectivity index (χ1) is 15.1. The quantitative estimate of drug-likeness (QED) is 0.453. The van der Waals surface area contributed by atoms with Gasteiger partial charge in [-0.05, 0) is 96.2 Å². The van der Waals surface area contributed by atoms with Crippen LogP contribution in [-0.2, 0) is 31.3 Å². The van der Waals surface area contributed by atoms with Crippen LogP contribution in [0.2, 0.25) is 0 Å². The van der Waals surface area contributed by atoms with Crippen LogP contribution in [0.3, 0.4) is 0 Å². The van der Waals surface area contributed by atoms with Gasteiger partial charge in [0.25, 0.3) is 0 Å². The summed E-state index contributed by atoms with van der Waals surface area (Å²) < 4.78 is 2.57. The van der Waals surface area contributed by atoms with E-state index in [1.807, 2.05) is 19.1 Å². The number of fused-ring (bicyclic) bond motifs is 1. The second-order valence-corrected chi connectivity index (χ2v) is 8.56. The Kier molecular flexibility index (Phi) is 5.18. The molecule has 0 atom stereocenters. The lowest BCUT2D eigenvalue weighted by Crippen LogP contribution is -2.23. The number of hydrogen-bond donors (Lipinski definition) is 0. The molecule has 0 amide bonds. The molecule has 2 aromatic carbocycles. The van der Waals surface area contributed by atoms with Crippen LogP contribution in [0.1, 0.15) is 66.3 Å². The van der Waals surface area contributed by atoms with Crippen LogP contribution in [0.15, 0.2) is 46.3 Å². The topological polar surface area (TPSA) is 74.3 Å². The summed E-state index contributed by atoms with van der Waals surface area (Å²) in [5.74, 6) is 0.511. The van der Waals surface area contributed by atoms with E-state index < -0.39 is 0 Å². The summed E-state index contributed by atoms with van der Waals surface area (Å²) in [5, 5.41) is 12.3. The zero-order chi connectivity index (χ0) is 21.4. The molecule has 1 fully saturated rings. The Morgan fingerprint density at radius 3 is 2.68 bits per heavy atom. The van der Waals surface area contributed by atoms with Crippen molar-refractivity contribution in [2.24, 2.45) is 12.2 Å². The Bertz CT molecular complexity index is 1200. The lowest BCUT2D eigenvalue weighted by atomic mass is 9.90. The smallest absolute Gasteiger partial charge is 0.368 e. The first-order valence-corrected chi connectivity index (χ1v) is 11.0. The summed E-state index contributed by atoms with van der Waals surface area (Å²) in [6.45, 7) is 2.26. The summed E-state index contributed by atoms with van der Waals surface area (Å²) in [6.07, 6.45) is 7.16. The molecule has 7 heteroatoms. The lowest BCUT2D eigenvalue weighted by molar-refractivity contribution is 0.129. The zero-order valence-corrected chi connectivity index (χ0v) is 18.0. The highest BCUT2D eigenvalue weighted by Crippen LogP contribution is 2.43. The van der Waals surface area contributed by atoms with Crippen LogP contribution < -0.4 is 5.69 Å². The van der Waals surface area contributed by atoms with Gasteiger partial charge in [-0.15, -0.1) is 0 Å². The van der Waals surface area contributed by atoms with Crippen LogP contribution in [0, 0.1) is 0 Å². The van der Waals surface area contributed by atoms with Crippen LogP contribution >= 0.6 is 0 Å². The molecule has 3 aromatic rings. The number of aromatic nitrogens is 4. The van der Waals surface area contributed by atoms with Gasteiger partial charge in [0.15, 0.2) is 0 Å². The third-order valence-electron chi connectivity index (χ3n) is 6.33. The molecule has 0 N–H and O–H groups in total. The molecule has 31 heavy (non-hydrogen) atoms. The van der Waals surface area contributed by atoms with Gasteiger partial charge in [0, 0.05) is 12.6 Å². The van der Waals surface area contributed by atoms with Gasteiger partial charge in [-0.2, -0.15) is 9.36 Å². The van der Waals surface area contributed by atoms with Crippen molar-refractivity contribution in [2.45, 2.75) is 58.0 Å². The summed E-state index contributed by atoms with van der Waals surface area (Å²) in [6, 6.07) is 12.6. The number of aryl methyl sites for hydroxylation is 3. The highest BCUT2D eigenvalue weighted by atomic mass is 16.6. The fraction of sp³-hybridized carbons (Fsp3) is 0.417. The molecule has 1 aromatic heterocycles. The minimum absolute atomic E-state index is 0.275. The molecule has 1 heterocycles. The first kappa shape index (κ1) is 19.7. The number of benzene rings is 2. The van der Waals surface area contributed by atoms with Gasteiger partial charge in [-0.3, -0.25) is 0 Å². The molecule has 5 rings (SSSR count). The normalized spacial score (nSPS) is 16.3. The van der Waals surface area contributed by atoms with Crippen LogP contribution in [-0.4, -0.2) is 25.5 Å². The van der Waals surface area contributed by atoms with E-state index in [1.54, 1.807) is 7.05 Å². The standard InChI is InChI=1S/C24H27N5O2/c1-16(19-13-10-17-6-3-4-7-20(17)14-19)25-31-15-22-21(18-11-12-18)8-5-9-23(22)29-24(30)28(2)26-27-29/h5,8-10,13-14,18H,3-4,6-7,11-12,15H2,1-2H3. The van der Waals surface area contributed by atoms with Crippen molar-refractivity contribution in [3.63, 3.8) is 0 Å². The van der Waals surface area contributed by atoms with E-state index in [2.05, 4.69) is 39.8 Å². The average molecular weight is 418 g/mol. The molecule has 2 aliphatic carbocycles. The molecule has 0 aliphatic heterocycles. The van der Waals surface area contributed by atoms with Gasteiger partial charge < -0.3 is 4.84 Å². The van der Waals surface area contributed by atoms with Crippen molar-refractivity contribution in [1.29, 1.82) is 0 Å². The van der Waals surface area contributed by atoms with Crippen LogP contribution in [0.4, 0.5) is 0 Å². The Morgan fingerprint density at radius 1 is 1.13 bits per heavy atom. The highest BCUT2D eigenvalue weighted by molar-refractivity contribution is 5.98. The highest BCUT2D eigenvalue weighted by Gasteiger charge is 2.28. The van der Waals surface area contributed by atoms with E-state index in [9.17, 15) is 4.79 Å². The van der Waals surface area contributed by atoms with Gasteiger partial charge in [0.2, 0.25) is 0 Å². The van der Waals surface area contributed by atoms with E-state index in [0.717, 1.165) is 36.1 Å². The number of hydrogen-bond acceptors (Lipinski definition) is 5. The fourth-order valence-electron chi connectivity index (χ4n) is 4.39. The molecule has 1 saturated carbocycles. The van der Waals surface area contributed by atoms with E-state index in [4.69, 9.17) is 4.84 Å². The van der Waals surface area contributed by atoms with Crippen molar-refractivity contribution >= 4 is 5.71 Å². The Balaban J connectivity index is 1.41. The zero-order valence-electron chi connectivity index (χ0n) is 18.0. The molecule has 2 aliphatic rings. The maximum Gasteiger partial charge on any atom is 0.368 e. The van der Waals surface area contributed by atoms with Crippen molar-refractivity contribution in [3.05, 3.63) is 74.7 Å². The molecule has 0 radical (unpaired) electrons. The van der Waals surface area contributed by atoms with Crippen molar-refractivity contribution in [3.8, 4) is 5.69 Å². The predicted octanol–water partition coefficient (Wildman–Crippen LogP) is 3.66. The second kappa shape index (κ2) is 8.13. The van der Waals surface area contributed by atoms with Crippen molar-refractivity contribution in [2.75, 3.05) is 0 Å². The summed E-state index contributed by atoms with van der Waals surface area (Å²) >= 11 is 0. The minimum atomic E-state index is -0.275. The Morgan fingerprint density at radius 2 is 1.94 bits per heavy atom. The predicted molar refractivity (Wildman–Crippen MR) is 119 cm³/mol. The number of oxime groups is 1. The van der Waals surface area contributed by atoms with Gasteiger partial charge in [0.1, 0.15) is 6.61 Å². The van der Waals surface area contributed by atoms with E-state index in [-0.39, 0.29) is 12.3 Å².